The highest BCUT2D eigenvalue weighted by Gasteiger charge is 2.48. The monoisotopic (exact) mass is 293 g/mol. The van der Waals surface area contributed by atoms with Gasteiger partial charge < -0.3 is 10.6 Å². The van der Waals surface area contributed by atoms with E-state index in [0.717, 1.165) is 38.5 Å². The van der Waals surface area contributed by atoms with Gasteiger partial charge >= 0.3 is 0 Å². The van der Waals surface area contributed by atoms with Gasteiger partial charge in [0.15, 0.2) is 0 Å². The smallest absolute Gasteiger partial charge is 0.242 e. The first-order chi connectivity index (χ1) is 10.1. The van der Waals surface area contributed by atoms with Crippen LogP contribution in [0.3, 0.4) is 0 Å². The van der Waals surface area contributed by atoms with E-state index in [0.29, 0.717) is 13.1 Å². The first-order valence-electron chi connectivity index (χ1n) is 7.96. The first kappa shape index (κ1) is 14.5. The molecular weight excluding hydrogens is 270 g/mol. The second kappa shape index (κ2) is 5.75. The zero-order valence-electron chi connectivity index (χ0n) is 12.3. The number of nitrogens with two attached hydrogens (primary N) is 1. The summed E-state index contributed by atoms with van der Waals surface area (Å²) < 4.78 is 0. The fourth-order valence-electron chi connectivity index (χ4n) is 3.77. The summed E-state index contributed by atoms with van der Waals surface area (Å²) in [5.74, 6) is -0.733. The molecule has 3 amide bonds. The zero-order chi connectivity index (χ0) is 15.0. The molecule has 3 aliphatic rings. The topological polar surface area (TPSA) is 83.7 Å². The van der Waals surface area contributed by atoms with Gasteiger partial charge in [-0.05, 0) is 25.7 Å². The van der Waals surface area contributed by atoms with Gasteiger partial charge in [0.05, 0.1) is 11.8 Å². The maximum atomic E-state index is 12.3. The number of hydrogen-bond donors (Lipinski definition) is 1. The molecule has 2 unspecified atom stereocenters. The molecule has 0 bridgehead atoms. The Kier molecular flexibility index (Phi) is 3.97. The molecule has 0 spiro atoms. The number of carbonyl (C=O) groups excluding carboxylic acids is 3. The Morgan fingerprint density at radius 3 is 2.05 bits per heavy atom. The third-order valence-corrected chi connectivity index (χ3v) is 5.12. The van der Waals surface area contributed by atoms with E-state index in [1.807, 2.05) is 0 Å². The highest BCUT2D eigenvalue weighted by Crippen LogP contribution is 2.37. The van der Waals surface area contributed by atoms with E-state index in [2.05, 4.69) is 0 Å². The molecule has 6 heteroatoms. The summed E-state index contributed by atoms with van der Waals surface area (Å²) in [6.07, 6.45) is 5.17. The minimum atomic E-state index is -0.172. The molecule has 0 aromatic carbocycles. The van der Waals surface area contributed by atoms with Crippen molar-refractivity contribution < 1.29 is 14.4 Å². The highest BCUT2D eigenvalue weighted by atomic mass is 16.2. The lowest BCUT2D eigenvalue weighted by molar-refractivity contribution is -0.147. The van der Waals surface area contributed by atoms with Crippen molar-refractivity contribution in [3.8, 4) is 0 Å². The maximum Gasteiger partial charge on any atom is 0.242 e. The number of hydrogen-bond acceptors (Lipinski definition) is 4. The molecule has 2 heterocycles. The molecule has 0 aromatic rings. The number of imide groups is 1. The Morgan fingerprint density at radius 1 is 1.00 bits per heavy atom. The molecule has 0 radical (unpaired) electrons. The third-order valence-electron chi connectivity index (χ3n) is 5.12. The summed E-state index contributed by atoms with van der Waals surface area (Å²) in [5, 5.41) is 0. The average molecular weight is 293 g/mol. The van der Waals surface area contributed by atoms with E-state index in [1.54, 1.807) is 4.90 Å². The standard InChI is InChI=1S/C15H23N3O3/c16-10-5-7-17(8-6-10)13(19)9-18-14(20)11-3-1-2-4-12(11)15(18)21/h10-12H,1-9,16H2. The summed E-state index contributed by atoms with van der Waals surface area (Å²) in [4.78, 5) is 39.9. The van der Waals surface area contributed by atoms with Crippen LogP contribution in [0.2, 0.25) is 0 Å². The molecule has 1 aliphatic carbocycles. The van der Waals surface area contributed by atoms with Crippen LogP contribution in [-0.4, -0.2) is 53.2 Å². The Hall–Kier alpha value is -1.43. The molecule has 0 aromatic heterocycles. The van der Waals surface area contributed by atoms with Gasteiger partial charge in [-0.15, -0.1) is 0 Å². The lowest BCUT2D eigenvalue weighted by Crippen LogP contribution is -2.48. The largest absolute Gasteiger partial charge is 0.341 e. The predicted octanol–water partition coefficient (Wildman–Crippen LogP) is 0.111. The van der Waals surface area contributed by atoms with Crippen molar-refractivity contribution in [2.75, 3.05) is 19.6 Å². The van der Waals surface area contributed by atoms with Crippen LogP contribution in [0.5, 0.6) is 0 Å². The van der Waals surface area contributed by atoms with Crippen molar-refractivity contribution >= 4 is 17.7 Å². The number of nitrogens with zero attached hydrogens (tertiary/aromatic N) is 2. The summed E-state index contributed by atoms with van der Waals surface area (Å²) in [7, 11) is 0. The fourth-order valence-corrected chi connectivity index (χ4v) is 3.77. The minimum Gasteiger partial charge on any atom is -0.341 e. The summed E-state index contributed by atoms with van der Waals surface area (Å²) >= 11 is 0. The molecule has 2 saturated heterocycles. The van der Waals surface area contributed by atoms with E-state index in [4.69, 9.17) is 5.73 Å². The Labute approximate surface area is 124 Å². The molecular formula is C15H23N3O3. The van der Waals surface area contributed by atoms with Gasteiger partial charge in [-0.25, -0.2) is 0 Å². The Balaban J connectivity index is 1.63. The third kappa shape index (κ3) is 2.69. The van der Waals surface area contributed by atoms with Crippen LogP contribution in [0.15, 0.2) is 0 Å². The van der Waals surface area contributed by atoms with E-state index in [1.165, 1.54) is 4.90 Å². The predicted molar refractivity (Wildman–Crippen MR) is 76.0 cm³/mol. The SMILES string of the molecule is NC1CCN(C(=O)CN2C(=O)C3CCCCC3C2=O)CC1. The second-order valence-electron chi connectivity index (χ2n) is 6.48. The Morgan fingerprint density at radius 2 is 1.52 bits per heavy atom. The van der Waals surface area contributed by atoms with Crippen molar-refractivity contribution in [1.29, 1.82) is 0 Å². The normalized spacial score (nSPS) is 30.7. The van der Waals surface area contributed by atoms with Crippen LogP contribution in [-0.2, 0) is 14.4 Å². The van der Waals surface area contributed by atoms with Crippen LogP contribution in [0.4, 0.5) is 0 Å². The average Bonchev–Trinajstić information content (AvgIpc) is 2.73. The van der Waals surface area contributed by atoms with Gasteiger partial charge in [-0.2, -0.15) is 0 Å². The summed E-state index contributed by atoms with van der Waals surface area (Å²) in [6.45, 7) is 1.17. The van der Waals surface area contributed by atoms with E-state index < -0.39 is 0 Å². The summed E-state index contributed by atoms with van der Waals surface area (Å²) in [5.41, 5.74) is 5.83. The number of rotatable bonds is 2. The van der Waals surface area contributed by atoms with Gasteiger partial charge in [-0.3, -0.25) is 19.3 Å². The van der Waals surface area contributed by atoms with Crippen LogP contribution < -0.4 is 5.73 Å². The maximum absolute atomic E-state index is 12.3. The molecule has 21 heavy (non-hydrogen) atoms. The van der Waals surface area contributed by atoms with Gasteiger partial charge in [0, 0.05) is 19.1 Å². The molecule has 3 rings (SSSR count). The van der Waals surface area contributed by atoms with Gasteiger partial charge in [0.1, 0.15) is 6.54 Å². The molecule has 2 N–H and O–H groups in total. The number of amides is 3. The van der Waals surface area contributed by atoms with Crippen LogP contribution in [0.1, 0.15) is 38.5 Å². The second-order valence-corrected chi connectivity index (χ2v) is 6.48. The first-order valence-corrected chi connectivity index (χ1v) is 7.96. The molecule has 2 aliphatic heterocycles. The van der Waals surface area contributed by atoms with Crippen molar-refractivity contribution in [3.63, 3.8) is 0 Å². The van der Waals surface area contributed by atoms with E-state index in [-0.39, 0.29) is 42.1 Å². The quantitative estimate of drug-likeness (QED) is 0.733. The Bertz CT molecular complexity index is 433. The van der Waals surface area contributed by atoms with Crippen LogP contribution in [0.25, 0.3) is 0 Å². The highest BCUT2D eigenvalue weighted by molar-refractivity contribution is 6.07. The van der Waals surface area contributed by atoms with Crippen molar-refractivity contribution in [2.24, 2.45) is 17.6 Å². The zero-order valence-corrected chi connectivity index (χ0v) is 12.3. The molecule has 1 saturated carbocycles. The lowest BCUT2D eigenvalue weighted by Gasteiger charge is -2.31. The van der Waals surface area contributed by atoms with Crippen molar-refractivity contribution in [2.45, 2.75) is 44.6 Å². The van der Waals surface area contributed by atoms with Crippen molar-refractivity contribution in [3.05, 3.63) is 0 Å². The number of likely N-dealkylation sites (tertiary alicyclic amines) is 2. The van der Waals surface area contributed by atoms with Crippen LogP contribution >= 0.6 is 0 Å². The number of fused-ring (bicyclic) bond motifs is 1. The summed E-state index contributed by atoms with van der Waals surface area (Å²) in [6, 6.07) is 0.159. The van der Waals surface area contributed by atoms with Gasteiger partial charge in [0.2, 0.25) is 17.7 Å². The minimum absolute atomic E-state index is 0.0834. The number of piperidine rings is 1. The number of carbonyl (C=O) groups is 3. The van der Waals surface area contributed by atoms with Crippen LogP contribution in [0, 0.1) is 11.8 Å². The van der Waals surface area contributed by atoms with Gasteiger partial charge in [-0.1, -0.05) is 12.8 Å². The molecule has 2 atom stereocenters. The van der Waals surface area contributed by atoms with E-state index >= 15 is 0 Å². The van der Waals surface area contributed by atoms with Gasteiger partial charge in [0.25, 0.3) is 0 Å². The molecule has 6 nitrogen and oxygen atoms in total. The van der Waals surface area contributed by atoms with E-state index in [9.17, 15) is 14.4 Å². The molecule has 3 fully saturated rings. The lowest BCUT2D eigenvalue weighted by atomic mass is 9.81. The van der Waals surface area contributed by atoms with Crippen molar-refractivity contribution in [1.82, 2.24) is 9.80 Å². The fraction of sp³-hybridized carbons (Fsp3) is 0.800. The molecule has 116 valence electrons.